The third kappa shape index (κ3) is 5.23. The Hall–Kier alpha value is -2.58. The fourth-order valence-electron chi connectivity index (χ4n) is 5.67. The largest absolute Gasteiger partial charge is 0.391 e. The van der Waals surface area contributed by atoms with E-state index in [1.165, 1.54) is 0 Å². The Morgan fingerprint density at radius 3 is 2.50 bits per heavy atom. The van der Waals surface area contributed by atoms with Crippen LogP contribution in [0.4, 0.5) is 18.0 Å². The van der Waals surface area contributed by atoms with Crippen LogP contribution in [0.25, 0.3) is 10.9 Å². The molecular formula is C25H33F3N4O2. The van der Waals surface area contributed by atoms with Crippen LogP contribution >= 0.6 is 0 Å². The van der Waals surface area contributed by atoms with E-state index < -0.39 is 24.2 Å². The van der Waals surface area contributed by atoms with Crippen LogP contribution in [0, 0.1) is 18.8 Å². The van der Waals surface area contributed by atoms with Crippen molar-refractivity contribution in [2.75, 3.05) is 0 Å². The summed E-state index contributed by atoms with van der Waals surface area (Å²) in [6.07, 6.45) is 0.876. The molecule has 2 aliphatic carbocycles. The smallest absolute Gasteiger partial charge is 0.335 e. The molecule has 0 aliphatic heterocycles. The molecule has 2 amide bonds. The topological polar surface area (TPSA) is 76.0 Å². The van der Waals surface area contributed by atoms with Crippen molar-refractivity contribution < 1.29 is 18.0 Å². The first-order chi connectivity index (χ1) is 16.0. The van der Waals surface area contributed by atoms with Gasteiger partial charge in [0, 0.05) is 42.0 Å². The predicted molar refractivity (Wildman–Crippen MR) is 125 cm³/mol. The summed E-state index contributed by atoms with van der Waals surface area (Å²) in [5.41, 5.74) is 2.36. The number of carbonyl (C=O) groups excluding carboxylic acids is 1. The van der Waals surface area contributed by atoms with Gasteiger partial charge in [-0.25, -0.2) is 4.79 Å². The summed E-state index contributed by atoms with van der Waals surface area (Å²) in [7, 11) is 1.77. The maximum absolute atomic E-state index is 13.2. The number of nitrogens with zero attached hydrogens (tertiary/aromatic N) is 2. The molecular weight excluding hydrogens is 445 g/mol. The lowest BCUT2D eigenvalue weighted by atomic mass is 9.74. The van der Waals surface area contributed by atoms with Gasteiger partial charge in [-0.2, -0.15) is 13.2 Å². The van der Waals surface area contributed by atoms with Crippen molar-refractivity contribution in [3.8, 4) is 0 Å². The molecule has 2 aliphatic rings. The normalized spacial score (nSPS) is 28.0. The molecule has 2 aromatic rings. The van der Waals surface area contributed by atoms with Gasteiger partial charge in [-0.3, -0.25) is 9.78 Å². The Labute approximate surface area is 197 Å². The Morgan fingerprint density at radius 1 is 1.09 bits per heavy atom. The Morgan fingerprint density at radius 2 is 1.79 bits per heavy atom. The number of hydrogen-bond acceptors (Lipinski definition) is 3. The summed E-state index contributed by atoms with van der Waals surface area (Å²) < 4.78 is 40.9. The molecule has 0 saturated heterocycles. The number of rotatable bonds is 3. The molecule has 4 rings (SSSR count). The van der Waals surface area contributed by atoms with Crippen LogP contribution in [0.15, 0.2) is 23.1 Å². The molecule has 34 heavy (non-hydrogen) atoms. The highest BCUT2D eigenvalue weighted by molar-refractivity contribution is 5.79. The number of hydrogen-bond donors (Lipinski definition) is 2. The van der Waals surface area contributed by atoms with Gasteiger partial charge in [0.25, 0.3) is 5.56 Å². The lowest BCUT2D eigenvalue weighted by Crippen LogP contribution is -2.50. The number of aryl methyl sites for hydroxylation is 2. The number of nitrogens with one attached hydrogen (secondary N) is 2. The molecule has 6 nitrogen and oxygen atoms in total. The van der Waals surface area contributed by atoms with Crippen LogP contribution in [-0.4, -0.2) is 33.8 Å². The number of pyridine rings is 2. The van der Waals surface area contributed by atoms with Gasteiger partial charge in [0.1, 0.15) is 0 Å². The summed E-state index contributed by atoms with van der Waals surface area (Å²) >= 11 is 0. The average Bonchev–Trinajstić information content (AvgIpc) is 2.77. The second-order valence-electron chi connectivity index (χ2n) is 10.2. The highest BCUT2D eigenvalue weighted by Crippen LogP contribution is 2.38. The van der Waals surface area contributed by atoms with Crippen molar-refractivity contribution in [2.24, 2.45) is 18.9 Å². The van der Waals surface area contributed by atoms with E-state index in [2.05, 4.69) is 22.5 Å². The molecule has 2 N–H and O–H groups in total. The zero-order valence-electron chi connectivity index (χ0n) is 19.9. The van der Waals surface area contributed by atoms with E-state index in [0.717, 1.165) is 35.0 Å². The monoisotopic (exact) mass is 478 g/mol. The SMILES string of the molecule is Cc1cc2c(cn1)cc(C1CC(NC(=O)NC3CCCC(C(F)(F)F)C3)CCC1C)c(=O)n2C. The second kappa shape index (κ2) is 9.58. The first-order valence-corrected chi connectivity index (χ1v) is 12.1. The lowest BCUT2D eigenvalue weighted by Gasteiger charge is -2.36. The zero-order chi connectivity index (χ0) is 24.6. The van der Waals surface area contributed by atoms with E-state index in [1.807, 2.05) is 19.1 Å². The molecule has 0 spiro atoms. The van der Waals surface area contributed by atoms with Gasteiger partial charge < -0.3 is 15.2 Å². The third-order valence-corrected chi connectivity index (χ3v) is 7.68. The predicted octanol–water partition coefficient (Wildman–Crippen LogP) is 4.93. The molecule has 2 aromatic heterocycles. The summed E-state index contributed by atoms with van der Waals surface area (Å²) in [5, 5.41) is 6.63. The fourth-order valence-corrected chi connectivity index (χ4v) is 5.67. The van der Waals surface area contributed by atoms with Gasteiger partial charge in [0.2, 0.25) is 0 Å². The Kier molecular flexibility index (Phi) is 6.92. The lowest BCUT2D eigenvalue weighted by molar-refractivity contribution is -0.183. The van der Waals surface area contributed by atoms with Crippen LogP contribution in [0.1, 0.15) is 69.0 Å². The maximum atomic E-state index is 13.2. The number of alkyl halides is 3. The molecule has 0 bridgehead atoms. The number of halogens is 3. The second-order valence-corrected chi connectivity index (χ2v) is 10.2. The van der Waals surface area contributed by atoms with Crippen LogP contribution in [0.5, 0.6) is 0 Å². The summed E-state index contributed by atoms with van der Waals surface area (Å²) in [6, 6.07) is 2.79. The highest BCUT2D eigenvalue weighted by atomic mass is 19.4. The molecule has 5 atom stereocenters. The number of carbonyl (C=O) groups is 1. The van der Waals surface area contributed by atoms with E-state index in [9.17, 15) is 22.8 Å². The molecule has 9 heteroatoms. The van der Waals surface area contributed by atoms with Gasteiger partial charge in [-0.1, -0.05) is 13.3 Å². The van der Waals surface area contributed by atoms with Crippen molar-refractivity contribution in [3.05, 3.63) is 39.9 Å². The fraction of sp³-hybridized carbons (Fsp3) is 0.640. The van der Waals surface area contributed by atoms with Crippen LogP contribution in [0.2, 0.25) is 0 Å². The van der Waals surface area contributed by atoms with Crippen molar-refractivity contribution in [1.29, 1.82) is 0 Å². The van der Waals surface area contributed by atoms with Gasteiger partial charge >= 0.3 is 12.2 Å². The minimum absolute atomic E-state index is 0.0206. The van der Waals surface area contributed by atoms with Gasteiger partial charge in [0.15, 0.2) is 0 Å². The van der Waals surface area contributed by atoms with E-state index in [1.54, 1.807) is 17.8 Å². The van der Waals surface area contributed by atoms with Gasteiger partial charge in [-0.15, -0.1) is 0 Å². The minimum Gasteiger partial charge on any atom is -0.335 e. The number of fused-ring (bicyclic) bond motifs is 1. The number of urea groups is 1. The van der Waals surface area contributed by atoms with Crippen molar-refractivity contribution in [2.45, 2.75) is 83.0 Å². The van der Waals surface area contributed by atoms with Gasteiger partial charge in [-0.05, 0) is 69.4 Å². The van der Waals surface area contributed by atoms with Crippen molar-refractivity contribution >= 4 is 16.9 Å². The summed E-state index contributed by atoms with van der Waals surface area (Å²) in [4.78, 5) is 30.2. The van der Waals surface area contributed by atoms with Crippen LogP contribution < -0.4 is 16.2 Å². The van der Waals surface area contributed by atoms with E-state index in [4.69, 9.17) is 0 Å². The average molecular weight is 479 g/mol. The maximum Gasteiger partial charge on any atom is 0.391 e. The molecule has 0 radical (unpaired) electrons. The van der Waals surface area contributed by atoms with Crippen LogP contribution in [-0.2, 0) is 7.05 Å². The quantitative estimate of drug-likeness (QED) is 0.657. The number of amides is 2. The van der Waals surface area contributed by atoms with E-state index in [-0.39, 0.29) is 36.3 Å². The molecule has 0 aromatic carbocycles. The summed E-state index contributed by atoms with van der Waals surface area (Å²) in [6.45, 7) is 4.01. The molecule has 2 saturated carbocycles. The standard InChI is InChI=1S/C25H33F3N4O2/c1-14-7-8-19(31-24(34)30-18-6-4-5-17(11-18)25(26,27)28)12-20(14)21-10-16-13-29-15(2)9-22(16)32(3)23(21)33/h9-10,13-14,17-20H,4-8,11-12H2,1-3H3,(H2,30,31,34). The Bertz CT molecular complexity index is 1110. The zero-order valence-corrected chi connectivity index (χ0v) is 19.9. The molecule has 186 valence electrons. The highest BCUT2D eigenvalue weighted by Gasteiger charge is 2.42. The minimum atomic E-state index is -4.22. The van der Waals surface area contributed by atoms with Crippen LogP contribution in [0.3, 0.4) is 0 Å². The molecule has 5 unspecified atom stereocenters. The van der Waals surface area contributed by atoms with Crippen molar-refractivity contribution in [3.63, 3.8) is 0 Å². The molecule has 2 fully saturated rings. The van der Waals surface area contributed by atoms with E-state index >= 15 is 0 Å². The Balaban J connectivity index is 1.45. The number of aromatic nitrogens is 2. The molecule has 2 heterocycles. The first-order valence-electron chi connectivity index (χ1n) is 12.1. The third-order valence-electron chi connectivity index (χ3n) is 7.68. The summed E-state index contributed by atoms with van der Waals surface area (Å²) in [5.74, 6) is -1.10. The van der Waals surface area contributed by atoms with Crippen molar-refractivity contribution in [1.82, 2.24) is 20.2 Å². The first kappa shape index (κ1) is 24.5. The van der Waals surface area contributed by atoms with Gasteiger partial charge in [0.05, 0.1) is 11.4 Å². The van der Waals surface area contributed by atoms with E-state index in [0.29, 0.717) is 19.3 Å².